The van der Waals surface area contributed by atoms with Crippen molar-refractivity contribution in [3.05, 3.63) is 30.1 Å². The third-order valence-electron chi connectivity index (χ3n) is 1.98. The van der Waals surface area contributed by atoms with Gasteiger partial charge in [-0.15, -0.1) is 0 Å². The first-order chi connectivity index (χ1) is 6.05. The Morgan fingerprint density at radius 1 is 1.31 bits per heavy atom. The summed E-state index contributed by atoms with van der Waals surface area (Å²) in [5.74, 6) is 0. The van der Waals surface area contributed by atoms with Gasteiger partial charge in [-0.1, -0.05) is 26.8 Å². The normalized spacial score (nSPS) is 14.2. The molecule has 0 aliphatic heterocycles. The first-order valence-corrected chi connectivity index (χ1v) is 4.49. The smallest absolute Gasteiger partial charge is 0.104 e. The van der Waals surface area contributed by atoms with Crippen LogP contribution in [-0.4, -0.2) is 12.1 Å². The summed E-state index contributed by atoms with van der Waals surface area (Å²) in [5, 5.41) is 0. The van der Waals surface area contributed by atoms with Crippen LogP contribution >= 0.6 is 0 Å². The molecular weight excluding hydrogens is 162 g/mol. The number of hydrogen-bond donors (Lipinski definition) is 0. The van der Waals surface area contributed by atoms with E-state index in [2.05, 4.69) is 25.8 Å². The molecule has 1 atom stereocenters. The Labute approximate surface area is 80.0 Å². The topological polar surface area (TPSA) is 22.1 Å². The summed E-state index contributed by atoms with van der Waals surface area (Å²) < 4.78 is 5.44. The van der Waals surface area contributed by atoms with Crippen LogP contribution in [0.4, 0.5) is 0 Å². The number of ether oxygens (including phenoxy) is 1. The number of nitrogens with zero attached hydrogens (tertiary/aromatic N) is 1. The Kier molecular flexibility index (Phi) is 3.04. The van der Waals surface area contributed by atoms with E-state index in [-0.39, 0.29) is 11.5 Å². The Bertz CT molecular complexity index is 251. The third kappa shape index (κ3) is 2.52. The minimum absolute atomic E-state index is 0.0636. The summed E-state index contributed by atoms with van der Waals surface area (Å²) in [4.78, 5) is 4.29. The molecule has 13 heavy (non-hydrogen) atoms. The van der Waals surface area contributed by atoms with Gasteiger partial charge >= 0.3 is 0 Å². The van der Waals surface area contributed by atoms with Gasteiger partial charge in [-0.25, -0.2) is 0 Å². The Morgan fingerprint density at radius 3 is 2.38 bits per heavy atom. The fraction of sp³-hybridized carbons (Fsp3) is 0.545. The number of pyridine rings is 1. The van der Waals surface area contributed by atoms with Crippen LogP contribution in [0.15, 0.2) is 24.4 Å². The lowest BCUT2D eigenvalue weighted by molar-refractivity contribution is 0.0121. The molecule has 2 heteroatoms. The molecule has 1 unspecified atom stereocenters. The van der Waals surface area contributed by atoms with Gasteiger partial charge < -0.3 is 4.74 Å². The maximum absolute atomic E-state index is 5.44. The molecule has 0 saturated heterocycles. The van der Waals surface area contributed by atoms with Crippen LogP contribution in [0.2, 0.25) is 0 Å². The molecule has 0 spiro atoms. The van der Waals surface area contributed by atoms with Gasteiger partial charge in [0, 0.05) is 13.3 Å². The molecule has 0 aliphatic carbocycles. The summed E-state index contributed by atoms with van der Waals surface area (Å²) in [7, 11) is 1.73. The second-order valence-corrected chi connectivity index (χ2v) is 4.24. The number of hydrogen-bond acceptors (Lipinski definition) is 2. The van der Waals surface area contributed by atoms with Gasteiger partial charge in [0.05, 0.1) is 5.69 Å². The molecule has 0 saturated carbocycles. The Balaban J connectivity index is 2.92. The van der Waals surface area contributed by atoms with Crippen molar-refractivity contribution >= 4 is 0 Å². The van der Waals surface area contributed by atoms with Crippen molar-refractivity contribution in [1.82, 2.24) is 4.98 Å². The summed E-state index contributed by atoms with van der Waals surface area (Å²) >= 11 is 0. The van der Waals surface area contributed by atoms with Crippen LogP contribution < -0.4 is 0 Å². The van der Waals surface area contributed by atoms with Crippen LogP contribution in [0.1, 0.15) is 32.6 Å². The maximum atomic E-state index is 5.44. The zero-order chi connectivity index (χ0) is 9.90. The minimum Gasteiger partial charge on any atom is -0.375 e. The molecular formula is C11H17NO. The minimum atomic E-state index is 0.0636. The van der Waals surface area contributed by atoms with Crippen molar-refractivity contribution < 1.29 is 4.74 Å². The molecule has 0 amide bonds. The first-order valence-electron chi connectivity index (χ1n) is 4.49. The molecule has 0 radical (unpaired) electrons. The highest BCUT2D eigenvalue weighted by Gasteiger charge is 2.26. The van der Waals surface area contributed by atoms with Crippen LogP contribution in [0.3, 0.4) is 0 Å². The second-order valence-electron chi connectivity index (χ2n) is 4.24. The highest BCUT2D eigenvalue weighted by Crippen LogP contribution is 2.33. The molecule has 0 N–H and O–H groups in total. The van der Waals surface area contributed by atoms with Crippen molar-refractivity contribution in [1.29, 1.82) is 0 Å². The molecule has 0 fully saturated rings. The third-order valence-corrected chi connectivity index (χ3v) is 1.98. The van der Waals surface area contributed by atoms with E-state index in [1.807, 2.05) is 18.2 Å². The zero-order valence-corrected chi connectivity index (χ0v) is 8.74. The van der Waals surface area contributed by atoms with Crippen molar-refractivity contribution in [2.45, 2.75) is 26.9 Å². The largest absolute Gasteiger partial charge is 0.375 e. The fourth-order valence-electron chi connectivity index (χ4n) is 1.45. The lowest BCUT2D eigenvalue weighted by Gasteiger charge is -2.28. The molecule has 2 nitrogen and oxygen atoms in total. The van der Waals surface area contributed by atoms with E-state index in [9.17, 15) is 0 Å². The van der Waals surface area contributed by atoms with Crippen molar-refractivity contribution in [3.8, 4) is 0 Å². The van der Waals surface area contributed by atoms with Gasteiger partial charge in [-0.05, 0) is 17.5 Å². The lowest BCUT2D eigenvalue weighted by Crippen LogP contribution is -2.20. The van der Waals surface area contributed by atoms with E-state index in [1.54, 1.807) is 13.3 Å². The summed E-state index contributed by atoms with van der Waals surface area (Å²) in [6.45, 7) is 6.45. The van der Waals surface area contributed by atoms with Crippen LogP contribution in [-0.2, 0) is 4.74 Å². The number of rotatable bonds is 2. The summed E-state index contributed by atoms with van der Waals surface area (Å²) in [6.07, 6.45) is 1.86. The monoisotopic (exact) mass is 179 g/mol. The number of methoxy groups -OCH3 is 1. The first kappa shape index (κ1) is 10.2. The van der Waals surface area contributed by atoms with Crippen LogP contribution in [0.5, 0.6) is 0 Å². The van der Waals surface area contributed by atoms with E-state index < -0.39 is 0 Å². The highest BCUT2D eigenvalue weighted by molar-refractivity contribution is 5.09. The summed E-state index contributed by atoms with van der Waals surface area (Å²) in [6, 6.07) is 5.90. The van der Waals surface area contributed by atoms with Gasteiger partial charge in [0.25, 0.3) is 0 Å². The maximum Gasteiger partial charge on any atom is 0.104 e. The molecule has 72 valence electrons. The van der Waals surface area contributed by atoms with Crippen LogP contribution in [0, 0.1) is 5.41 Å². The molecule has 0 bridgehead atoms. The SMILES string of the molecule is COC(c1ccccn1)C(C)(C)C. The summed E-state index contributed by atoms with van der Waals surface area (Å²) in [5.41, 5.74) is 1.08. The number of aromatic nitrogens is 1. The standard InChI is InChI=1S/C11H17NO/c1-11(2,3)10(13-4)9-7-5-6-8-12-9/h5-8,10H,1-4H3. The van der Waals surface area contributed by atoms with Gasteiger partial charge in [-0.3, -0.25) is 4.98 Å². The van der Waals surface area contributed by atoms with Crippen molar-refractivity contribution in [2.24, 2.45) is 5.41 Å². The highest BCUT2D eigenvalue weighted by atomic mass is 16.5. The van der Waals surface area contributed by atoms with Gasteiger partial charge in [-0.2, -0.15) is 0 Å². The van der Waals surface area contributed by atoms with E-state index in [4.69, 9.17) is 4.74 Å². The Hall–Kier alpha value is -0.890. The van der Waals surface area contributed by atoms with E-state index in [0.717, 1.165) is 5.69 Å². The van der Waals surface area contributed by atoms with Crippen LogP contribution in [0.25, 0.3) is 0 Å². The van der Waals surface area contributed by atoms with Crippen molar-refractivity contribution in [3.63, 3.8) is 0 Å². The second kappa shape index (κ2) is 3.88. The van der Waals surface area contributed by atoms with E-state index in [0.29, 0.717) is 0 Å². The van der Waals surface area contributed by atoms with E-state index >= 15 is 0 Å². The molecule has 1 aromatic rings. The molecule has 1 heterocycles. The van der Waals surface area contributed by atoms with Gasteiger partial charge in [0.15, 0.2) is 0 Å². The quantitative estimate of drug-likeness (QED) is 0.696. The molecule has 0 aromatic carbocycles. The molecule has 1 aromatic heterocycles. The predicted molar refractivity (Wildman–Crippen MR) is 53.4 cm³/mol. The van der Waals surface area contributed by atoms with Gasteiger partial charge in [0.1, 0.15) is 6.10 Å². The van der Waals surface area contributed by atoms with E-state index in [1.165, 1.54) is 0 Å². The Morgan fingerprint density at radius 2 is 2.00 bits per heavy atom. The van der Waals surface area contributed by atoms with Gasteiger partial charge in [0.2, 0.25) is 0 Å². The van der Waals surface area contributed by atoms with Crippen molar-refractivity contribution in [2.75, 3.05) is 7.11 Å². The molecule has 1 rings (SSSR count). The average Bonchev–Trinajstić information content (AvgIpc) is 2.05. The average molecular weight is 179 g/mol. The molecule has 0 aliphatic rings. The predicted octanol–water partition coefficient (Wildman–Crippen LogP) is 2.82. The zero-order valence-electron chi connectivity index (χ0n) is 8.74. The fourth-order valence-corrected chi connectivity index (χ4v) is 1.45. The lowest BCUT2D eigenvalue weighted by atomic mass is 9.87.